The molecule has 0 bridgehead atoms. The minimum Gasteiger partial charge on any atom is -0.106 e. The van der Waals surface area contributed by atoms with E-state index in [1.807, 2.05) is 13.8 Å². The van der Waals surface area contributed by atoms with Gasteiger partial charge in [0.05, 0.1) is 0 Å². The first kappa shape index (κ1) is 12.2. The average Bonchev–Trinajstić information content (AvgIpc) is 2.48. The fourth-order valence-electron chi connectivity index (χ4n) is 0.784. The lowest BCUT2D eigenvalue weighted by atomic mass is 10.2. The molecule has 0 aliphatic heterocycles. The fourth-order valence-corrected chi connectivity index (χ4v) is 0.784. The van der Waals surface area contributed by atoms with Crippen molar-refractivity contribution in [1.29, 1.82) is 0 Å². The molecule has 0 fully saturated rings. The van der Waals surface area contributed by atoms with Crippen molar-refractivity contribution in [2.24, 2.45) is 5.92 Å². The van der Waals surface area contributed by atoms with Crippen molar-refractivity contribution >= 4 is 0 Å². The van der Waals surface area contributed by atoms with E-state index in [0.717, 1.165) is 5.92 Å². The molecule has 0 spiro atoms. The number of allylic oxidation sites excluding steroid dienone is 2. The molecule has 1 atom stereocenters. The van der Waals surface area contributed by atoms with Crippen LogP contribution in [0.2, 0.25) is 0 Å². The van der Waals surface area contributed by atoms with E-state index in [1.165, 1.54) is 12.8 Å². The molecule has 0 saturated carbocycles. The van der Waals surface area contributed by atoms with Gasteiger partial charge in [-0.05, 0) is 18.8 Å². The molecule has 1 aliphatic carbocycles. The molecule has 0 radical (unpaired) electrons. The molecule has 10 heavy (non-hydrogen) atoms. The van der Waals surface area contributed by atoms with E-state index in [0.29, 0.717) is 0 Å². The Labute approximate surface area is 65.7 Å². The summed E-state index contributed by atoms with van der Waals surface area (Å²) in [5, 5.41) is 0. The van der Waals surface area contributed by atoms with E-state index in [2.05, 4.69) is 32.2 Å². The third kappa shape index (κ3) is 7.48. The summed E-state index contributed by atoms with van der Waals surface area (Å²) >= 11 is 0. The average molecular weight is 140 g/mol. The van der Waals surface area contributed by atoms with Crippen molar-refractivity contribution in [2.75, 3.05) is 0 Å². The second-order valence-corrected chi connectivity index (χ2v) is 1.98. The van der Waals surface area contributed by atoms with Crippen LogP contribution < -0.4 is 0 Å². The molecule has 0 N–H and O–H groups in total. The van der Waals surface area contributed by atoms with E-state index in [9.17, 15) is 0 Å². The van der Waals surface area contributed by atoms with Gasteiger partial charge in [0, 0.05) is 0 Å². The Balaban J connectivity index is 0. The normalized spacial score (nSPS) is 20.1. The van der Waals surface area contributed by atoms with Crippen LogP contribution in [0, 0.1) is 5.92 Å². The first-order chi connectivity index (χ1) is 4.89. The van der Waals surface area contributed by atoms with Gasteiger partial charge in [0.1, 0.15) is 0 Å². The summed E-state index contributed by atoms with van der Waals surface area (Å²) in [5.74, 6) is 0.866. The summed E-state index contributed by atoms with van der Waals surface area (Å²) in [6, 6.07) is 0. The summed E-state index contributed by atoms with van der Waals surface area (Å²) in [7, 11) is 0. The highest BCUT2D eigenvalue weighted by molar-refractivity contribution is 4.93. The molecule has 0 nitrogen and oxygen atoms in total. The lowest BCUT2D eigenvalue weighted by Crippen LogP contribution is -1.76. The Hall–Kier alpha value is -0.520. The minimum atomic E-state index is 0.866. The standard InChI is InChI=1S/C6H10.C2H6.C2H4/c1-6-4-2-3-5-6;2*1-2/h2,4,6H,3,5H2,1H3;1-2H3;1-2H2. The maximum atomic E-state index is 3.00. The second kappa shape index (κ2) is 11.3. The highest BCUT2D eigenvalue weighted by Crippen LogP contribution is 2.14. The Morgan fingerprint density at radius 1 is 1.30 bits per heavy atom. The Bertz CT molecular complexity index is 72.1. The number of hydrogen-bond acceptors (Lipinski definition) is 0. The number of hydrogen-bond donors (Lipinski definition) is 0. The molecule has 0 heterocycles. The quantitative estimate of drug-likeness (QED) is 0.449. The molecular weight excluding hydrogens is 120 g/mol. The van der Waals surface area contributed by atoms with Gasteiger partial charge < -0.3 is 0 Å². The predicted molar refractivity (Wildman–Crippen MR) is 50.1 cm³/mol. The third-order valence-corrected chi connectivity index (χ3v) is 1.25. The van der Waals surface area contributed by atoms with Gasteiger partial charge in [-0.15, -0.1) is 13.2 Å². The Morgan fingerprint density at radius 2 is 1.80 bits per heavy atom. The van der Waals surface area contributed by atoms with Crippen LogP contribution in [-0.2, 0) is 0 Å². The van der Waals surface area contributed by atoms with E-state index < -0.39 is 0 Å². The van der Waals surface area contributed by atoms with Crippen LogP contribution in [0.5, 0.6) is 0 Å². The van der Waals surface area contributed by atoms with E-state index in [1.54, 1.807) is 0 Å². The van der Waals surface area contributed by atoms with Crippen molar-refractivity contribution in [3.05, 3.63) is 25.3 Å². The van der Waals surface area contributed by atoms with E-state index in [-0.39, 0.29) is 0 Å². The number of rotatable bonds is 0. The van der Waals surface area contributed by atoms with Gasteiger partial charge >= 0.3 is 0 Å². The molecule has 0 saturated heterocycles. The van der Waals surface area contributed by atoms with Crippen LogP contribution in [0.4, 0.5) is 0 Å². The van der Waals surface area contributed by atoms with Crippen molar-refractivity contribution in [3.8, 4) is 0 Å². The summed E-state index contributed by atoms with van der Waals surface area (Å²) in [5.41, 5.74) is 0. The molecular formula is C10H20. The predicted octanol–water partition coefficient (Wildman–Crippen LogP) is 3.80. The zero-order valence-electron chi connectivity index (χ0n) is 7.56. The highest BCUT2D eigenvalue weighted by Gasteiger charge is 1.98. The van der Waals surface area contributed by atoms with Crippen molar-refractivity contribution in [1.82, 2.24) is 0 Å². The molecule has 1 unspecified atom stereocenters. The maximum absolute atomic E-state index is 3.00. The van der Waals surface area contributed by atoms with Crippen LogP contribution in [0.25, 0.3) is 0 Å². The molecule has 0 aromatic rings. The molecule has 0 amide bonds. The Morgan fingerprint density at radius 3 is 1.90 bits per heavy atom. The van der Waals surface area contributed by atoms with Gasteiger partial charge in [0.2, 0.25) is 0 Å². The van der Waals surface area contributed by atoms with Crippen molar-refractivity contribution in [2.45, 2.75) is 33.6 Å². The van der Waals surface area contributed by atoms with Crippen LogP contribution in [-0.4, -0.2) is 0 Å². The summed E-state index contributed by atoms with van der Waals surface area (Å²) in [4.78, 5) is 0. The van der Waals surface area contributed by atoms with Crippen molar-refractivity contribution in [3.63, 3.8) is 0 Å². The molecule has 1 aliphatic rings. The first-order valence-corrected chi connectivity index (χ1v) is 4.06. The maximum Gasteiger partial charge on any atom is -0.0259 e. The molecule has 0 heteroatoms. The summed E-state index contributed by atoms with van der Waals surface area (Å²) in [6.07, 6.45) is 7.21. The first-order valence-electron chi connectivity index (χ1n) is 4.06. The molecule has 60 valence electrons. The van der Waals surface area contributed by atoms with Gasteiger partial charge in [0.15, 0.2) is 0 Å². The van der Waals surface area contributed by atoms with Crippen LogP contribution >= 0.6 is 0 Å². The molecule has 0 aromatic carbocycles. The second-order valence-electron chi connectivity index (χ2n) is 1.98. The summed E-state index contributed by atoms with van der Waals surface area (Å²) in [6.45, 7) is 12.3. The van der Waals surface area contributed by atoms with Gasteiger partial charge in [0.25, 0.3) is 0 Å². The van der Waals surface area contributed by atoms with Crippen molar-refractivity contribution < 1.29 is 0 Å². The smallest absolute Gasteiger partial charge is 0.0259 e. The zero-order valence-corrected chi connectivity index (χ0v) is 7.56. The molecule has 1 rings (SSSR count). The highest BCUT2D eigenvalue weighted by atomic mass is 14.0. The zero-order chi connectivity index (χ0) is 8.41. The fraction of sp³-hybridized carbons (Fsp3) is 0.600. The lowest BCUT2D eigenvalue weighted by Gasteiger charge is -1.89. The largest absolute Gasteiger partial charge is 0.106 e. The summed E-state index contributed by atoms with van der Waals surface area (Å²) < 4.78 is 0. The van der Waals surface area contributed by atoms with Crippen LogP contribution in [0.3, 0.4) is 0 Å². The van der Waals surface area contributed by atoms with Gasteiger partial charge in [-0.3, -0.25) is 0 Å². The monoisotopic (exact) mass is 140 g/mol. The minimum absolute atomic E-state index is 0.866. The lowest BCUT2D eigenvalue weighted by molar-refractivity contribution is 0.701. The van der Waals surface area contributed by atoms with E-state index >= 15 is 0 Å². The Kier molecular flexibility index (Phi) is 13.8. The SMILES string of the molecule is C=C.CC.CC1C=CCC1. The van der Waals surface area contributed by atoms with Gasteiger partial charge in [-0.2, -0.15) is 0 Å². The van der Waals surface area contributed by atoms with Gasteiger partial charge in [-0.25, -0.2) is 0 Å². The van der Waals surface area contributed by atoms with Crippen LogP contribution in [0.15, 0.2) is 25.3 Å². The van der Waals surface area contributed by atoms with Crippen LogP contribution in [0.1, 0.15) is 33.6 Å². The van der Waals surface area contributed by atoms with E-state index in [4.69, 9.17) is 0 Å². The van der Waals surface area contributed by atoms with Gasteiger partial charge in [-0.1, -0.05) is 32.9 Å². The third-order valence-electron chi connectivity index (χ3n) is 1.25. The molecule has 0 aromatic heterocycles. The topological polar surface area (TPSA) is 0 Å².